The number of halogens is 2. The molecule has 2 N–H and O–H groups in total. The average molecular weight is 514 g/mol. The Kier molecular flexibility index (Phi) is 8.21. The highest BCUT2D eigenvalue weighted by Gasteiger charge is 2.16. The van der Waals surface area contributed by atoms with E-state index < -0.39 is 11.9 Å². The van der Waals surface area contributed by atoms with Crippen LogP contribution in [0.5, 0.6) is 11.5 Å². The Balaban J connectivity index is 1.87. The number of carboxylic acid groups (broad SMARTS) is 1. The van der Waals surface area contributed by atoms with Gasteiger partial charge in [-0.1, -0.05) is 30.3 Å². The molecule has 0 heterocycles. The number of ether oxygens (including phenoxy) is 2. The summed E-state index contributed by atoms with van der Waals surface area (Å²) in [6.07, 6.45) is 1.33. The van der Waals surface area contributed by atoms with Gasteiger partial charge in [0.15, 0.2) is 11.5 Å². The number of carbonyl (C=O) groups is 2. The monoisotopic (exact) mass is 513 g/mol. The zero-order valence-corrected chi connectivity index (χ0v) is 19.3. The van der Waals surface area contributed by atoms with Gasteiger partial charge in [0.05, 0.1) is 11.1 Å². The van der Waals surface area contributed by atoms with E-state index in [9.17, 15) is 19.1 Å². The molecule has 0 aromatic heterocycles. The molecule has 1 amide bonds. The minimum Gasteiger partial charge on any atom is -0.490 e. The quantitative estimate of drug-likeness (QED) is 0.373. The highest BCUT2D eigenvalue weighted by molar-refractivity contribution is 9.10. The molecule has 0 unspecified atom stereocenters. The number of hydrogen-bond donors (Lipinski definition) is 2. The summed E-state index contributed by atoms with van der Waals surface area (Å²) >= 11 is 3.43. The molecule has 0 aliphatic heterocycles. The number of hydrogen-bond acceptors (Lipinski definition) is 4. The second kappa shape index (κ2) is 11.3. The molecule has 0 radical (unpaired) electrons. The first-order valence-corrected chi connectivity index (χ1v) is 10.8. The SMILES string of the molecule is CCOc1cc(/C=C(/NC(=O)c2ccccc2)C(=O)O)cc(Br)c1OCc1cccc(F)c1. The van der Waals surface area contributed by atoms with E-state index in [1.807, 2.05) is 0 Å². The van der Waals surface area contributed by atoms with E-state index in [2.05, 4.69) is 21.2 Å². The Hall–Kier alpha value is -3.65. The minimum atomic E-state index is -1.29. The zero-order chi connectivity index (χ0) is 23.8. The van der Waals surface area contributed by atoms with E-state index >= 15 is 0 Å². The van der Waals surface area contributed by atoms with Crippen molar-refractivity contribution >= 4 is 33.9 Å². The van der Waals surface area contributed by atoms with Crippen molar-refractivity contribution in [2.75, 3.05) is 6.61 Å². The van der Waals surface area contributed by atoms with Crippen LogP contribution < -0.4 is 14.8 Å². The maximum absolute atomic E-state index is 13.4. The summed E-state index contributed by atoms with van der Waals surface area (Å²) < 4.78 is 25.5. The summed E-state index contributed by atoms with van der Waals surface area (Å²) in [6, 6.07) is 17.6. The van der Waals surface area contributed by atoms with E-state index in [4.69, 9.17) is 9.47 Å². The molecule has 0 bridgehead atoms. The fourth-order valence-corrected chi connectivity index (χ4v) is 3.53. The molecule has 3 aromatic carbocycles. The summed E-state index contributed by atoms with van der Waals surface area (Å²) in [5, 5.41) is 12.0. The molecule has 0 atom stereocenters. The third kappa shape index (κ3) is 6.66. The van der Waals surface area contributed by atoms with Crippen molar-refractivity contribution in [1.82, 2.24) is 5.32 Å². The fourth-order valence-electron chi connectivity index (χ4n) is 2.96. The van der Waals surface area contributed by atoms with Crippen molar-refractivity contribution in [3.05, 3.63) is 99.4 Å². The molecule has 0 spiro atoms. The van der Waals surface area contributed by atoms with Gasteiger partial charge in [0.2, 0.25) is 0 Å². The van der Waals surface area contributed by atoms with Crippen LogP contribution in [0.15, 0.2) is 76.9 Å². The lowest BCUT2D eigenvalue weighted by molar-refractivity contribution is -0.132. The van der Waals surface area contributed by atoms with Crippen molar-refractivity contribution in [1.29, 1.82) is 0 Å². The fraction of sp³-hybridized carbons (Fsp3) is 0.120. The van der Waals surface area contributed by atoms with Crippen LogP contribution in [0.2, 0.25) is 0 Å². The van der Waals surface area contributed by atoms with Crippen molar-refractivity contribution < 1.29 is 28.6 Å². The zero-order valence-electron chi connectivity index (χ0n) is 17.7. The van der Waals surface area contributed by atoms with Gasteiger partial charge in [-0.3, -0.25) is 4.79 Å². The Morgan fingerprint density at radius 1 is 1.06 bits per heavy atom. The topological polar surface area (TPSA) is 84.9 Å². The molecule has 6 nitrogen and oxygen atoms in total. The molecular formula is C25H21BrFNO5. The van der Waals surface area contributed by atoms with E-state index in [0.717, 1.165) is 0 Å². The number of carboxylic acids is 1. The molecule has 8 heteroatoms. The summed E-state index contributed by atoms with van der Waals surface area (Å²) in [4.78, 5) is 24.1. The van der Waals surface area contributed by atoms with Gasteiger partial charge in [0.25, 0.3) is 5.91 Å². The van der Waals surface area contributed by atoms with Crippen LogP contribution in [0.25, 0.3) is 6.08 Å². The number of carbonyl (C=O) groups excluding carboxylic acids is 1. The summed E-state index contributed by atoms with van der Waals surface area (Å²) in [6.45, 7) is 2.25. The van der Waals surface area contributed by atoms with E-state index in [0.29, 0.717) is 39.3 Å². The molecule has 0 aliphatic rings. The van der Waals surface area contributed by atoms with Crippen LogP contribution in [0.4, 0.5) is 4.39 Å². The van der Waals surface area contributed by atoms with Crippen molar-refractivity contribution in [2.45, 2.75) is 13.5 Å². The largest absolute Gasteiger partial charge is 0.490 e. The summed E-state index contributed by atoms with van der Waals surface area (Å²) in [5.74, 6) is -1.43. The van der Waals surface area contributed by atoms with Gasteiger partial charge in [-0.15, -0.1) is 0 Å². The number of benzene rings is 3. The maximum atomic E-state index is 13.4. The standard InChI is InChI=1S/C25H21BrFNO5/c1-2-32-22-14-17(12-20(26)23(22)33-15-16-7-6-10-19(27)11-16)13-21(25(30)31)28-24(29)18-8-4-3-5-9-18/h3-14H,2,15H2,1H3,(H,28,29)(H,30,31)/b21-13+. The molecule has 33 heavy (non-hydrogen) atoms. The van der Waals surface area contributed by atoms with Crippen molar-refractivity contribution in [3.63, 3.8) is 0 Å². The van der Waals surface area contributed by atoms with Gasteiger partial charge < -0.3 is 19.9 Å². The van der Waals surface area contributed by atoms with E-state index in [1.54, 1.807) is 61.5 Å². The van der Waals surface area contributed by atoms with E-state index in [1.165, 1.54) is 18.2 Å². The minimum absolute atomic E-state index is 0.110. The molecule has 0 fully saturated rings. The lowest BCUT2D eigenvalue weighted by atomic mass is 10.1. The molecule has 170 valence electrons. The van der Waals surface area contributed by atoms with Crippen molar-refractivity contribution in [2.24, 2.45) is 0 Å². The van der Waals surface area contributed by atoms with Crippen LogP contribution in [-0.2, 0) is 11.4 Å². The van der Waals surface area contributed by atoms with Crippen LogP contribution >= 0.6 is 15.9 Å². The number of amides is 1. The highest BCUT2D eigenvalue weighted by atomic mass is 79.9. The number of rotatable bonds is 9. The van der Waals surface area contributed by atoms with Crippen LogP contribution in [0, 0.1) is 5.82 Å². The predicted octanol–water partition coefficient (Wildman–Crippen LogP) is 5.42. The molecule has 0 aliphatic carbocycles. The number of aliphatic carboxylic acids is 1. The Bertz CT molecular complexity index is 1180. The first kappa shape index (κ1) is 24.0. The normalized spacial score (nSPS) is 11.1. The Morgan fingerprint density at radius 3 is 2.48 bits per heavy atom. The van der Waals surface area contributed by atoms with Crippen LogP contribution in [0.1, 0.15) is 28.4 Å². The summed E-state index contributed by atoms with van der Waals surface area (Å²) in [7, 11) is 0. The lowest BCUT2D eigenvalue weighted by Gasteiger charge is -2.15. The number of nitrogens with one attached hydrogen (secondary N) is 1. The second-order valence-corrected chi connectivity index (χ2v) is 7.72. The average Bonchev–Trinajstić information content (AvgIpc) is 2.79. The van der Waals surface area contributed by atoms with Crippen molar-refractivity contribution in [3.8, 4) is 11.5 Å². The Labute approximate surface area is 198 Å². The van der Waals surface area contributed by atoms with Gasteiger partial charge in [-0.05, 0) is 76.5 Å². The maximum Gasteiger partial charge on any atom is 0.352 e. The van der Waals surface area contributed by atoms with Gasteiger partial charge >= 0.3 is 5.97 Å². The van der Waals surface area contributed by atoms with Gasteiger partial charge in [0, 0.05) is 5.56 Å². The van der Waals surface area contributed by atoms with Gasteiger partial charge in [0.1, 0.15) is 18.1 Å². The molecule has 0 saturated carbocycles. The smallest absolute Gasteiger partial charge is 0.352 e. The highest BCUT2D eigenvalue weighted by Crippen LogP contribution is 2.38. The van der Waals surface area contributed by atoms with Crippen LogP contribution in [-0.4, -0.2) is 23.6 Å². The van der Waals surface area contributed by atoms with Gasteiger partial charge in [-0.25, -0.2) is 9.18 Å². The van der Waals surface area contributed by atoms with Gasteiger partial charge in [-0.2, -0.15) is 0 Å². The molecule has 3 aromatic rings. The van der Waals surface area contributed by atoms with E-state index in [-0.39, 0.29) is 18.1 Å². The molecule has 3 rings (SSSR count). The van der Waals surface area contributed by atoms with Crippen LogP contribution in [0.3, 0.4) is 0 Å². The molecular weight excluding hydrogens is 493 g/mol. The third-order valence-corrected chi connectivity index (χ3v) is 5.02. The lowest BCUT2D eigenvalue weighted by Crippen LogP contribution is -2.27. The first-order valence-electron chi connectivity index (χ1n) is 10.0. The molecule has 0 saturated heterocycles. The first-order chi connectivity index (χ1) is 15.9. The second-order valence-electron chi connectivity index (χ2n) is 6.86. The third-order valence-electron chi connectivity index (χ3n) is 4.43. The predicted molar refractivity (Wildman–Crippen MR) is 126 cm³/mol. The summed E-state index contributed by atoms with van der Waals surface area (Å²) in [5.41, 5.74) is 1.15. The Morgan fingerprint density at radius 2 is 1.82 bits per heavy atom.